The van der Waals surface area contributed by atoms with Crippen molar-refractivity contribution >= 4 is 22.4 Å². The Morgan fingerprint density at radius 3 is 2.63 bits per heavy atom. The SMILES string of the molecule is NC(=O)c1csc(NC2CCCCC23CCCC3)n1. The summed E-state index contributed by atoms with van der Waals surface area (Å²) in [6.45, 7) is 0. The molecule has 5 heteroatoms. The van der Waals surface area contributed by atoms with Gasteiger partial charge >= 0.3 is 0 Å². The molecule has 104 valence electrons. The minimum Gasteiger partial charge on any atom is -0.364 e. The van der Waals surface area contributed by atoms with Gasteiger partial charge in [0.1, 0.15) is 5.69 Å². The molecule has 1 unspecified atom stereocenters. The average molecular weight is 279 g/mol. The summed E-state index contributed by atoms with van der Waals surface area (Å²) in [5, 5.41) is 6.19. The van der Waals surface area contributed by atoms with Crippen LogP contribution >= 0.6 is 11.3 Å². The number of thiazole rings is 1. The Bertz CT molecular complexity index is 465. The Morgan fingerprint density at radius 1 is 1.32 bits per heavy atom. The van der Waals surface area contributed by atoms with Crippen LogP contribution in [0.1, 0.15) is 61.9 Å². The first-order valence-electron chi connectivity index (χ1n) is 7.21. The summed E-state index contributed by atoms with van der Waals surface area (Å²) in [5.41, 5.74) is 6.11. The molecule has 1 atom stereocenters. The highest BCUT2D eigenvalue weighted by Crippen LogP contribution is 2.50. The van der Waals surface area contributed by atoms with Crippen LogP contribution in [-0.4, -0.2) is 16.9 Å². The molecular weight excluding hydrogens is 258 g/mol. The second-order valence-electron chi connectivity index (χ2n) is 5.91. The second-order valence-corrected chi connectivity index (χ2v) is 6.77. The highest BCUT2D eigenvalue weighted by molar-refractivity contribution is 7.13. The van der Waals surface area contributed by atoms with Crippen molar-refractivity contribution in [3.63, 3.8) is 0 Å². The zero-order valence-corrected chi connectivity index (χ0v) is 12.0. The van der Waals surface area contributed by atoms with Gasteiger partial charge in [-0.2, -0.15) is 0 Å². The van der Waals surface area contributed by atoms with Crippen LogP contribution in [0, 0.1) is 5.41 Å². The first-order chi connectivity index (χ1) is 9.20. The number of primary amides is 1. The van der Waals surface area contributed by atoms with Gasteiger partial charge in [0.25, 0.3) is 5.91 Å². The molecule has 0 radical (unpaired) electrons. The molecule has 2 fully saturated rings. The Balaban J connectivity index is 1.74. The first kappa shape index (κ1) is 12.9. The van der Waals surface area contributed by atoms with Crippen LogP contribution in [0.5, 0.6) is 0 Å². The van der Waals surface area contributed by atoms with Crippen LogP contribution in [0.25, 0.3) is 0 Å². The van der Waals surface area contributed by atoms with Crippen LogP contribution in [0.3, 0.4) is 0 Å². The van der Waals surface area contributed by atoms with Gasteiger partial charge < -0.3 is 11.1 Å². The normalized spacial score (nSPS) is 25.6. The molecule has 1 aromatic heterocycles. The van der Waals surface area contributed by atoms with E-state index in [0.29, 0.717) is 17.2 Å². The maximum atomic E-state index is 11.1. The van der Waals surface area contributed by atoms with Gasteiger partial charge in [-0.25, -0.2) is 4.98 Å². The molecule has 0 aliphatic heterocycles. The first-order valence-corrected chi connectivity index (χ1v) is 8.09. The molecule has 19 heavy (non-hydrogen) atoms. The largest absolute Gasteiger partial charge is 0.364 e. The van der Waals surface area contributed by atoms with Crippen molar-refractivity contribution in [3.05, 3.63) is 11.1 Å². The molecule has 2 aliphatic carbocycles. The van der Waals surface area contributed by atoms with E-state index in [1.807, 2.05) is 0 Å². The van der Waals surface area contributed by atoms with E-state index >= 15 is 0 Å². The molecule has 2 aliphatic rings. The number of anilines is 1. The van der Waals surface area contributed by atoms with Gasteiger partial charge in [0.15, 0.2) is 5.13 Å². The summed E-state index contributed by atoms with van der Waals surface area (Å²) in [7, 11) is 0. The highest BCUT2D eigenvalue weighted by Gasteiger charge is 2.42. The van der Waals surface area contributed by atoms with Crippen LogP contribution in [0.2, 0.25) is 0 Å². The van der Waals surface area contributed by atoms with Crippen molar-refractivity contribution in [2.75, 3.05) is 5.32 Å². The van der Waals surface area contributed by atoms with E-state index in [4.69, 9.17) is 5.73 Å². The molecule has 0 bridgehead atoms. The summed E-state index contributed by atoms with van der Waals surface area (Å²) in [6.07, 6.45) is 10.7. The lowest BCUT2D eigenvalue weighted by molar-refractivity contribution is 0.0996. The minimum atomic E-state index is -0.441. The van der Waals surface area contributed by atoms with Crippen LogP contribution < -0.4 is 11.1 Å². The quantitative estimate of drug-likeness (QED) is 0.893. The van der Waals surface area contributed by atoms with Gasteiger partial charge in [0.05, 0.1) is 0 Å². The fraction of sp³-hybridized carbons (Fsp3) is 0.714. The number of aromatic nitrogens is 1. The Labute approximate surface area is 117 Å². The summed E-state index contributed by atoms with van der Waals surface area (Å²) in [6, 6.07) is 0.524. The zero-order chi connectivity index (χ0) is 13.3. The van der Waals surface area contributed by atoms with Crippen molar-refractivity contribution in [2.24, 2.45) is 11.1 Å². The van der Waals surface area contributed by atoms with Crippen molar-refractivity contribution in [2.45, 2.75) is 57.4 Å². The number of nitrogens with zero attached hydrogens (tertiary/aromatic N) is 1. The lowest BCUT2D eigenvalue weighted by Gasteiger charge is -2.42. The van der Waals surface area contributed by atoms with E-state index in [9.17, 15) is 4.79 Å². The third kappa shape index (κ3) is 2.48. The molecule has 1 spiro atoms. The number of nitrogens with one attached hydrogen (secondary N) is 1. The molecule has 3 rings (SSSR count). The maximum Gasteiger partial charge on any atom is 0.268 e. The second kappa shape index (κ2) is 5.12. The van der Waals surface area contributed by atoms with E-state index < -0.39 is 5.91 Å². The van der Waals surface area contributed by atoms with Gasteiger partial charge in [0.2, 0.25) is 0 Å². The Morgan fingerprint density at radius 2 is 2.00 bits per heavy atom. The van der Waals surface area contributed by atoms with Crippen molar-refractivity contribution < 1.29 is 4.79 Å². The van der Waals surface area contributed by atoms with Crippen LogP contribution in [0.4, 0.5) is 5.13 Å². The number of nitrogens with two attached hydrogens (primary N) is 1. The summed E-state index contributed by atoms with van der Waals surface area (Å²) in [4.78, 5) is 15.4. The Hall–Kier alpha value is -1.10. The minimum absolute atomic E-state index is 0.379. The Kier molecular flexibility index (Phi) is 3.48. The number of carbonyl (C=O) groups excluding carboxylic acids is 1. The monoisotopic (exact) mass is 279 g/mol. The number of hydrogen-bond donors (Lipinski definition) is 2. The van der Waals surface area contributed by atoms with Crippen molar-refractivity contribution in [3.8, 4) is 0 Å². The fourth-order valence-corrected chi connectivity index (χ4v) is 4.56. The maximum absolute atomic E-state index is 11.1. The highest BCUT2D eigenvalue weighted by atomic mass is 32.1. The van der Waals surface area contributed by atoms with Crippen LogP contribution in [0.15, 0.2) is 5.38 Å². The molecule has 1 aromatic rings. The molecule has 4 nitrogen and oxygen atoms in total. The van der Waals surface area contributed by atoms with E-state index in [2.05, 4.69) is 10.3 Å². The summed E-state index contributed by atoms with van der Waals surface area (Å²) < 4.78 is 0. The fourth-order valence-electron chi connectivity index (χ4n) is 3.81. The number of hydrogen-bond acceptors (Lipinski definition) is 4. The van der Waals surface area contributed by atoms with Gasteiger partial charge in [0, 0.05) is 11.4 Å². The topological polar surface area (TPSA) is 68.0 Å². The molecule has 3 N–H and O–H groups in total. The third-order valence-corrected chi connectivity index (χ3v) is 5.58. The van der Waals surface area contributed by atoms with Crippen molar-refractivity contribution in [1.82, 2.24) is 4.98 Å². The smallest absolute Gasteiger partial charge is 0.268 e. The number of carbonyl (C=O) groups is 1. The van der Waals surface area contributed by atoms with Gasteiger partial charge in [-0.1, -0.05) is 25.7 Å². The van der Waals surface area contributed by atoms with Gasteiger partial charge in [-0.3, -0.25) is 4.79 Å². The number of rotatable bonds is 3. The standard InChI is InChI=1S/C14H21N3OS/c15-12(18)10-9-19-13(16-10)17-11-5-1-2-6-14(11)7-3-4-8-14/h9,11H,1-8H2,(H2,15,18)(H,16,17). The van der Waals surface area contributed by atoms with Crippen LogP contribution in [-0.2, 0) is 0 Å². The number of amides is 1. The molecule has 2 saturated carbocycles. The van der Waals surface area contributed by atoms with Crippen molar-refractivity contribution in [1.29, 1.82) is 0 Å². The predicted octanol–water partition coefficient (Wildman–Crippen LogP) is 3.16. The van der Waals surface area contributed by atoms with E-state index in [1.165, 1.54) is 62.7 Å². The van der Waals surface area contributed by atoms with E-state index in [1.54, 1.807) is 5.38 Å². The van der Waals surface area contributed by atoms with E-state index in [0.717, 1.165) is 5.13 Å². The predicted molar refractivity (Wildman–Crippen MR) is 77.4 cm³/mol. The molecule has 1 amide bonds. The molecule has 0 aromatic carbocycles. The van der Waals surface area contributed by atoms with E-state index in [-0.39, 0.29) is 0 Å². The zero-order valence-electron chi connectivity index (χ0n) is 11.2. The molecule has 1 heterocycles. The third-order valence-electron chi connectivity index (χ3n) is 4.81. The molecule has 0 saturated heterocycles. The lowest BCUT2D eigenvalue weighted by Crippen LogP contribution is -2.41. The van der Waals surface area contributed by atoms with Gasteiger partial charge in [-0.05, 0) is 31.1 Å². The summed E-state index contributed by atoms with van der Waals surface area (Å²) >= 11 is 1.49. The van der Waals surface area contributed by atoms with Gasteiger partial charge in [-0.15, -0.1) is 11.3 Å². The summed E-state index contributed by atoms with van der Waals surface area (Å²) in [5.74, 6) is -0.441. The average Bonchev–Trinajstić information content (AvgIpc) is 3.02. The molecular formula is C14H21N3OS. The lowest BCUT2D eigenvalue weighted by atomic mass is 9.69.